The lowest BCUT2D eigenvalue weighted by molar-refractivity contribution is 0.455. The lowest BCUT2D eigenvalue weighted by Gasteiger charge is -2.25. The fraction of sp³-hybridized carbons (Fsp3) is 0.250. The normalized spacial score (nSPS) is 15.9. The molecule has 1 aromatic carbocycles. The van der Waals surface area contributed by atoms with E-state index in [0.29, 0.717) is 17.6 Å². The summed E-state index contributed by atoms with van der Waals surface area (Å²) in [6, 6.07) is 7.48. The molecular formula is C20H19N9OS. The van der Waals surface area contributed by atoms with Gasteiger partial charge in [0.1, 0.15) is 17.8 Å². The number of anilines is 1. The molecule has 0 saturated heterocycles. The largest absolute Gasteiger partial charge is 0.437 e. The van der Waals surface area contributed by atoms with Crippen LogP contribution in [0.2, 0.25) is 0 Å². The van der Waals surface area contributed by atoms with E-state index in [1.54, 1.807) is 11.0 Å². The number of aromatic nitrogens is 8. The van der Waals surface area contributed by atoms with Crippen LogP contribution in [0.4, 0.5) is 5.95 Å². The van der Waals surface area contributed by atoms with E-state index >= 15 is 0 Å². The number of ether oxygens (including phenoxy) is 1. The van der Waals surface area contributed by atoms with E-state index in [-0.39, 0.29) is 5.92 Å². The van der Waals surface area contributed by atoms with Gasteiger partial charge in [-0.1, -0.05) is 13.0 Å². The minimum atomic E-state index is 0.125. The maximum atomic E-state index is 6.02. The number of hydrogen-bond acceptors (Lipinski definition) is 10. The summed E-state index contributed by atoms with van der Waals surface area (Å²) in [7, 11) is 0. The predicted octanol–water partition coefficient (Wildman–Crippen LogP) is 3.17. The molecule has 0 fully saturated rings. The fourth-order valence-corrected chi connectivity index (χ4v) is 3.82. The summed E-state index contributed by atoms with van der Waals surface area (Å²) in [4.78, 5) is 11.0. The van der Waals surface area contributed by atoms with Gasteiger partial charge in [-0.05, 0) is 53.1 Å². The Morgan fingerprint density at radius 1 is 1.13 bits per heavy atom. The van der Waals surface area contributed by atoms with Gasteiger partial charge in [0.15, 0.2) is 0 Å². The molecule has 156 valence electrons. The first-order valence-electron chi connectivity index (χ1n) is 9.90. The van der Waals surface area contributed by atoms with Crippen LogP contribution in [0.1, 0.15) is 30.5 Å². The Labute approximate surface area is 182 Å². The molecule has 4 aromatic rings. The van der Waals surface area contributed by atoms with Crippen molar-refractivity contribution in [2.45, 2.75) is 25.7 Å². The van der Waals surface area contributed by atoms with Crippen LogP contribution >= 0.6 is 11.7 Å². The van der Waals surface area contributed by atoms with E-state index in [1.807, 2.05) is 47.8 Å². The average molecular weight is 434 g/mol. The molecule has 1 unspecified atom stereocenters. The number of aryl methyl sites for hydroxylation is 1. The fourth-order valence-electron chi connectivity index (χ4n) is 3.27. The SMILES string of the molecule is CCc1cnc(N2C=CC(c3nsnc3Oc3ccc(-n4cnnn4)cc3)CC2)nc1. The molecule has 0 amide bonds. The third-order valence-corrected chi connectivity index (χ3v) is 5.56. The van der Waals surface area contributed by atoms with Crippen LogP contribution in [0.15, 0.2) is 55.3 Å². The molecule has 0 saturated carbocycles. The van der Waals surface area contributed by atoms with Crippen LogP contribution in [0.3, 0.4) is 0 Å². The van der Waals surface area contributed by atoms with E-state index in [1.165, 1.54) is 0 Å². The van der Waals surface area contributed by atoms with Crippen LogP contribution in [0.5, 0.6) is 11.6 Å². The summed E-state index contributed by atoms with van der Waals surface area (Å²) in [6.07, 6.45) is 11.2. The molecular weight excluding hydrogens is 414 g/mol. The van der Waals surface area contributed by atoms with Crippen molar-refractivity contribution in [1.82, 2.24) is 38.9 Å². The lowest BCUT2D eigenvalue weighted by atomic mass is 9.99. The molecule has 5 rings (SSSR count). The molecule has 0 N–H and O–H groups in total. The summed E-state index contributed by atoms with van der Waals surface area (Å²) in [5.41, 5.74) is 2.81. The zero-order valence-corrected chi connectivity index (χ0v) is 17.6. The Kier molecular flexibility index (Phi) is 5.31. The van der Waals surface area contributed by atoms with Crippen molar-refractivity contribution in [3.63, 3.8) is 0 Å². The highest BCUT2D eigenvalue weighted by molar-refractivity contribution is 6.99. The van der Waals surface area contributed by atoms with Gasteiger partial charge in [0, 0.05) is 31.1 Å². The summed E-state index contributed by atoms with van der Waals surface area (Å²) in [5.74, 6) is 2.05. The maximum absolute atomic E-state index is 6.02. The van der Waals surface area contributed by atoms with Crippen molar-refractivity contribution in [2.75, 3.05) is 11.4 Å². The van der Waals surface area contributed by atoms with Crippen molar-refractivity contribution in [1.29, 1.82) is 0 Å². The van der Waals surface area contributed by atoms with Crippen LogP contribution in [0.25, 0.3) is 5.69 Å². The Hall–Kier alpha value is -3.73. The van der Waals surface area contributed by atoms with Crippen molar-refractivity contribution in [3.8, 4) is 17.3 Å². The Morgan fingerprint density at radius 2 is 1.97 bits per heavy atom. The van der Waals surface area contributed by atoms with Crippen molar-refractivity contribution in [2.24, 2.45) is 0 Å². The number of benzene rings is 1. The summed E-state index contributed by atoms with van der Waals surface area (Å²) < 4.78 is 16.4. The first-order valence-corrected chi connectivity index (χ1v) is 10.6. The predicted molar refractivity (Wildman–Crippen MR) is 114 cm³/mol. The van der Waals surface area contributed by atoms with Gasteiger partial charge in [0.05, 0.1) is 17.4 Å². The molecule has 1 aliphatic heterocycles. The standard InChI is InChI=1S/C20H19N9OS/c1-2-14-11-21-20(22-12-14)28-9-7-15(8-10-28)18-19(25-31-24-18)30-17-5-3-16(4-6-17)29-13-23-26-27-29/h3-7,9,11-13,15H,2,8,10H2,1H3. The zero-order chi connectivity index (χ0) is 21.0. The van der Waals surface area contributed by atoms with E-state index in [4.69, 9.17) is 4.74 Å². The molecule has 31 heavy (non-hydrogen) atoms. The Morgan fingerprint density at radius 3 is 2.65 bits per heavy atom. The van der Waals surface area contributed by atoms with Crippen LogP contribution in [-0.4, -0.2) is 45.5 Å². The molecule has 3 aromatic heterocycles. The van der Waals surface area contributed by atoms with E-state index in [2.05, 4.69) is 47.2 Å². The van der Waals surface area contributed by atoms with E-state index in [0.717, 1.165) is 48.1 Å². The summed E-state index contributed by atoms with van der Waals surface area (Å²) in [6.45, 7) is 2.89. The monoisotopic (exact) mass is 433 g/mol. The highest BCUT2D eigenvalue weighted by Crippen LogP contribution is 2.34. The molecule has 11 heteroatoms. The molecule has 0 spiro atoms. The second kappa shape index (κ2) is 8.56. The first-order chi connectivity index (χ1) is 15.3. The van der Waals surface area contributed by atoms with Crippen molar-refractivity contribution >= 4 is 17.7 Å². The molecule has 0 aliphatic carbocycles. The molecule has 0 bridgehead atoms. The van der Waals surface area contributed by atoms with Gasteiger partial charge < -0.3 is 9.64 Å². The van der Waals surface area contributed by atoms with Gasteiger partial charge in [-0.2, -0.15) is 4.37 Å². The van der Waals surface area contributed by atoms with Crippen LogP contribution in [-0.2, 0) is 6.42 Å². The van der Waals surface area contributed by atoms with Gasteiger partial charge in [0.2, 0.25) is 5.95 Å². The molecule has 4 heterocycles. The second-order valence-corrected chi connectivity index (χ2v) is 7.51. The van der Waals surface area contributed by atoms with E-state index in [9.17, 15) is 0 Å². The van der Waals surface area contributed by atoms with Gasteiger partial charge in [-0.3, -0.25) is 0 Å². The zero-order valence-electron chi connectivity index (χ0n) is 16.7. The van der Waals surface area contributed by atoms with Gasteiger partial charge >= 0.3 is 0 Å². The lowest BCUT2D eigenvalue weighted by Crippen LogP contribution is -2.25. The number of rotatable bonds is 6. The number of tetrazole rings is 1. The van der Waals surface area contributed by atoms with E-state index < -0.39 is 0 Å². The Bertz CT molecular complexity index is 1160. The third-order valence-electron chi connectivity index (χ3n) is 5.03. The van der Waals surface area contributed by atoms with Crippen molar-refractivity contribution in [3.05, 3.63) is 66.5 Å². The molecule has 0 radical (unpaired) electrons. The summed E-state index contributed by atoms with van der Waals surface area (Å²) in [5, 5.41) is 11.2. The quantitative estimate of drug-likeness (QED) is 0.453. The highest BCUT2D eigenvalue weighted by atomic mass is 32.1. The minimum Gasteiger partial charge on any atom is -0.437 e. The van der Waals surface area contributed by atoms with Gasteiger partial charge in [-0.15, -0.1) is 9.47 Å². The number of nitrogens with zero attached hydrogens (tertiary/aromatic N) is 9. The molecule has 1 aliphatic rings. The van der Waals surface area contributed by atoms with Crippen LogP contribution in [0, 0.1) is 0 Å². The van der Waals surface area contributed by atoms with Gasteiger partial charge in [-0.25, -0.2) is 14.6 Å². The third kappa shape index (κ3) is 4.12. The maximum Gasteiger partial charge on any atom is 0.255 e. The summed E-state index contributed by atoms with van der Waals surface area (Å²) >= 11 is 1.15. The van der Waals surface area contributed by atoms with Gasteiger partial charge in [0.25, 0.3) is 5.88 Å². The highest BCUT2D eigenvalue weighted by Gasteiger charge is 2.24. The molecule has 10 nitrogen and oxygen atoms in total. The smallest absolute Gasteiger partial charge is 0.255 e. The average Bonchev–Trinajstić information content (AvgIpc) is 3.53. The Balaban J connectivity index is 1.28. The van der Waals surface area contributed by atoms with Crippen molar-refractivity contribution < 1.29 is 4.74 Å². The second-order valence-electron chi connectivity index (χ2n) is 6.98. The minimum absolute atomic E-state index is 0.125. The molecule has 1 atom stereocenters. The van der Waals surface area contributed by atoms with Crippen LogP contribution < -0.4 is 9.64 Å². The topological polar surface area (TPSA) is 108 Å². The first kappa shape index (κ1) is 19.2. The number of hydrogen-bond donors (Lipinski definition) is 0. The number of allylic oxidation sites excluding steroid dienone is 1.